The van der Waals surface area contributed by atoms with Gasteiger partial charge in [0.2, 0.25) is 0 Å². The van der Waals surface area contributed by atoms with Gasteiger partial charge in [0.1, 0.15) is 5.75 Å². The molecule has 0 aliphatic carbocycles. The summed E-state index contributed by atoms with van der Waals surface area (Å²) >= 11 is 0. The molecule has 2 N–H and O–H groups in total. The van der Waals surface area contributed by atoms with Gasteiger partial charge in [0.05, 0.1) is 12.9 Å². The highest BCUT2D eigenvalue weighted by Gasteiger charge is 2.19. The Morgan fingerprint density at radius 1 is 1.35 bits per heavy atom. The van der Waals surface area contributed by atoms with E-state index in [0.29, 0.717) is 12.2 Å². The lowest BCUT2D eigenvalue weighted by atomic mass is 10.1. The fourth-order valence-corrected chi connectivity index (χ4v) is 3.25. The molecule has 0 aliphatic rings. The molecule has 0 fully saturated rings. The highest BCUT2D eigenvalue weighted by molar-refractivity contribution is 7.91. The number of hydrogen-bond donors (Lipinski definition) is 1. The number of nitrogens with two attached hydrogens (primary N) is 1. The summed E-state index contributed by atoms with van der Waals surface area (Å²) in [5.41, 5.74) is 6.66. The summed E-state index contributed by atoms with van der Waals surface area (Å²) in [5.74, 6) is 0.767. The standard InChI is InChI=1S/C12H19NO3S/c1-3-8-17(14,15)9-11(13)10-6-4-5-7-12(10)16-2/h4-7,11H,3,8-9,13H2,1-2H3. The molecule has 0 saturated heterocycles. The Labute approximate surface area is 103 Å². The summed E-state index contributed by atoms with van der Waals surface area (Å²) in [7, 11) is -1.54. The van der Waals surface area contributed by atoms with Crippen molar-refractivity contribution in [3.8, 4) is 5.75 Å². The minimum atomic E-state index is -3.08. The predicted molar refractivity (Wildman–Crippen MR) is 68.9 cm³/mol. The summed E-state index contributed by atoms with van der Waals surface area (Å²) in [6, 6.07) is 6.69. The molecule has 0 spiro atoms. The third-order valence-electron chi connectivity index (χ3n) is 2.49. The van der Waals surface area contributed by atoms with Crippen molar-refractivity contribution in [2.24, 2.45) is 5.73 Å². The first kappa shape index (κ1) is 14.0. The largest absolute Gasteiger partial charge is 0.496 e. The maximum atomic E-state index is 11.7. The Kier molecular flexibility index (Phi) is 4.96. The van der Waals surface area contributed by atoms with E-state index in [1.165, 1.54) is 0 Å². The van der Waals surface area contributed by atoms with Crippen molar-refractivity contribution >= 4 is 9.84 Å². The molecule has 0 aliphatic heterocycles. The fraction of sp³-hybridized carbons (Fsp3) is 0.500. The molecular formula is C12H19NO3S. The summed E-state index contributed by atoms with van der Waals surface area (Å²) < 4.78 is 28.6. The monoisotopic (exact) mass is 257 g/mol. The molecule has 17 heavy (non-hydrogen) atoms. The summed E-state index contributed by atoms with van der Waals surface area (Å²) in [4.78, 5) is 0. The molecule has 0 bridgehead atoms. The Morgan fingerprint density at radius 3 is 2.59 bits per heavy atom. The third kappa shape index (κ3) is 4.02. The quantitative estimate of drug-likeness (QED) is 0.839. The molecule has 0 amide bonds. The van der Waals surface area contributed by atoms with Crippen LogP contribution in [-0.4, -0.2) is 27.0 Å². The lowest BCUT2D eigenvalue weighted by molar-refractivity contribution is 0.407. The Bertz CT molecular complexity index is 457. The first-order valence-electron chi connectivity index (χ1n) is 5.59. The van der Waals surface area contributed by atoms with E-state index in [-0.39, 0.29) is 11.5 Å². The summed E-state index contributed by atoms with van der Waals surface area (Å²) in [6.45, 7) is 1.84. The third-order valence-corrected chi connectivity index (χ3v) is 4.38. The topological polar surface area (TPSA) is 69.4 Å². The van der Waals surface area contributed by atoms with Crippen LogP contribution in [0.5, 0.6) is 5.75 Å². The van der Waals surface area contributed by atoms with Gasteiger partial charge in [-0.25, -0.2) is 8.42 Å². The van der Waals surface area contributed by atoms with E-state index in [1.807, 2.05) is 19.1 Å². The van der Waals surface area contributed by atoms with E-state index < -0.39 is 15.9 Å². The zero-order valence-electron chi connectivity index (χ0n) is 10.2. The minimum Gasteiger partial charge on any atom is -0.496 e. The van der Waals surface area contributed by atoms with Crippen molar-refractivity contribution in [3.63, 3.8) is 0 Å². The van der Waals surface area contributed by atoms with E-state index in [0.717, 1.165) is 5.56 Å². The second-order valence-corrected chi connectivity index (χ2v) is 6.19. The van der Waals surface area contributed by atoms with Gasteiger partial charge in [-0.05, 0) is 12.5 Å². The van der Waals surface area contributed by atoms with Crippen LogP contribution in [0.15, 0.2) is 24.3 Å². The van der Waals surface area contributed by atoms with Gasteiger partial charge in [0.25, 0.3) is 0 Å². The second kappa shape index (κ2) is 6.02. The van der Waals surface area contributed by atoms with Crippen molar-refractivity contribution in [1.82, 2.24) is 0 Å². The molecule has 0 radical (unpaired) electrons. The van der Waals surface area contributed by atoms with Crippen LogP contribution in [0.4, 0.5) is 0 Å². The molecule has 0 heterocycles. The fourth-order valence-electron chi connectivity index (χ4n) is 1.73. The van der Waals surface area contributed by atoms with Crippen LogP contribution in [0, 0.1) is 0 Å². The molecule has 4 nitrogen and oxygen atoms in total. The van der Waals surface area contributed by atoms with E-state index in [2.05, 4.69) is 0 Å². The van der Waals surface area contributed by atoms with Gasteiger partial charge >= 0.3 is 0 Å². The molecule has 0 aromatic heterocycles. The number of para-hydroxylation sites is 1. The van der Waals surface area contributed by atoms with Gasteiger partial charge in [-0.1, -0.05) is 25.1 Å². The van der Waals surface area contributed by atoms with Crippen molar-refractivity contribution in [3.05, 3.63) is 29.8 Å². The molecule has 5 heteroatoms. The van der Waals surface area contributed by atoms with Crippen molar-refractivity contribution in [2.45, 2.75) is 19.4 Å². The van der Waals surface area contributed by atoms with Crippen molar-refractivity contribution in [1.29, 1.82) is 0 Å². The number of benzene rings is 1. The zero-order valence-corrected chi connectivity index (χ0v) is 11.0. The molecule has 96 valence electrons. The smallest absolute Gasteiger partial charge is 0.152 e. The molecule has 0 saturated carbocycles. The molecule has 1 atom stereocenters. The first-order valence-corrected chi connectivity index (χ1v) is 7.41. The maximum Gasteiger partial charge on any atom is 0.152 e. The number of hydrogen-bond acceptors (Lipinski definition) is 4. The van der Waals surface area contributed by atoms with E-state index >= 15 is 0 Å². The molecule has 1 aromatic rings. The summed E-state index contributed by atoms with van der Waals surface area (Å²) in [5, 5.41) is 0. The normalized spacial score (nSPS) is 13.4. The van der Waals surface area contributed by atoms with Crippen LogP contribution in [-0.2, 0) is 9.84 Å². The molecule has 1 unspecified atom stereocenters. The average Bonchev–Trinajstić information content (AvgIpc) is 2.28. The van der Waals surface area contributed by atoms with Crippen LogP contribution >= 0.6 is 0 Å². The minimum absolute atomic E-state index is 0.0405. The van der Waals surface area contributed by atoms with Crippen LogP contribution in [0.25, 0.3) is 0 Å². The predicted octanol–water partition coefficient (Wildman–Crippen LogP) is 1.52. The number of methoxy groups -OCH3 is 1. The molecular weight excluding hydrogens is 238 g/mol. The van der Waals surface area contributed by atoms with Crippen molar-refractivity contribution in [2.75, 3.05) is 18.6 Å². The number of sulfone groups is 1. The number of ether oxygens (including phenoxy) is 1. The van der Waals surface area contributed by atoms with Gasteiger partial charge in [-0.15, -0.1) is 0 Å². The van der Waals surface area contributed by atoms with Crippen LogP contribution in [0.2, 0.25) is 0 Å². The van der Waals surface area contributed by atoms with Crippen LogP contribution < -0.4 is 10.5 Å². The first-order chi connectivity index (χ1) is 8.00. The van der Waals surface area contributed by atoms with Crippen LogP contribution in [0.3, 0.4) is 0 Å². The number of rotatable bonds is 6. The highest BCUT2D eigenvalue weighted by atomic mass is 32.2. The van der Waals surface area contributed by atoms with E-state index in [4.69, 9.17) is 10.5 Å². The Morgan fingerprint density at radius 2 is 2.00 bits per heavy atom. The molecule has 1 aromatic carbocycles. The van der Waals surface area contributed by atoms with Crippen molar-refractivity contribution < 1.29 is 13.2 Å². The van der Waals surface area contributed by atoms with Gasteiger partial charge in [-0.2, -0.15) is 0 Å². The molecule has 1 rings (SSSR count). The maximum absolute atomic E-state index is 11.7. The Hall–Kier alpha value is -1.07. The lowest BCUT2D eigenvalue weighted by Gasteiger charge is -2.15. The van der Waals surface area contributed by atoms with E-state index in [9.17, 15) is 8.42 Å². The highest BCUT2D eigenvalue weighted by Crippen LogP contribution is 2.24. The second-order valence-electron chi connectivity index (χ2n) is 3.96. The van der Waals surface area contributed by atoms with Gasteiger partial charge in [0.15, 0.2) is 9.84 Å². The van der Waals surface area contributed by atoms with Gasteiger partial charge in [0, 0.05) is 17.4 Å². The van der Waals surface area contributed by atoms with Gasteiger partial charge < -0.3 is 10.5 Å². The summed E-state index contributed by atoms with van der Waals surface area (Å²) in [6.07, 6.45) is 0.612. The zero-order chi connectivity index (χ0) is 12.9. The van der Waals surface area contributed by atoms with Crippen LogP contribution in [0.1, 0.15) is 24.9 Å². The Balaban J connectivity index is 2.86. The SMILES string of the molecule is CCCS(=O)(=O)CC(N)c1ccccc1OC. The van der Waals surface area contributed by atoms with E-state index in [1.54, 1.807) is 19.2 Å². The average molecular weight is 257 g/mol. The lowest BCUT2D eigenvalue weighted by Crippen LogP contribution is -2.23. The van der Waals surface area contributed by atoms with Gasteiger partial charge in [-0.3, -0.25) is 0 Å².